The van der Waals surface area contributed by atoms with Gasteiger partial charge in [0.25, 0.3) is 5.91 Å². The number of nitrogens with one attached hydrogen (secondary N) is 2. The van der Waals surface area contributed by atoms with Crippen molar-refractivity contribution in [2.75, 3.05) is 12.3 Å². The fourth-order valence-corrected chi connectivity index (χ4v) is 2.90. The number of fused-ring (bicyclic) bond motifs is 1. The van der Waals surface area contributed by atoms with E-state index in [-0.39, 0.29) is 5.91 Å². The zero-order valence-corrected chi connectivity index (χ0v) is 12.9. The van der Waals surface area contributed by atoms with E-state index in [0.29, 0.717) is 12.4 Å². The number of aryl methyl sites for hydroxylation is 1. The van der Waals surface area contributed by atoms with Crippen LogP contribution < -0.4 is 11.1 Å². The molecule has 0 radical (unpaired) electrons. The van der Waals surface area contributed by atoms with Gasteiger partial charge >= 0.3 is 0 Å². The van der Waals surface area contributed by atoms with Crippen molar-refractivity contribution >= 4 is 11.7 Å². The Labute approximate surface area is 130 Å². The number of unbranched alkanes of at least 4 members (excludes halogenated alkanes) is 2. The maximum Gasteiger partial charge on any atom is 0.253 e. The van der Waals surface area contributed by atoms with E-state index in [1.54, 1.807) is 0 Å². The van der Waals surface area contributed by atoms with Gasteiger partial charge in [-0.15, -0.1) is 0 Å². The highest BCUT2D eigenvalue weighted by Crippen LogP contribution is 2.26. The summed E-state index contributed by atoms with van der Waals surface area (Å²) in [6, 6.07) is 5.84. The lowest BCUT2D eigenvalue weighted by Crippen LogP contribution is -2.31. The predicted octanol–water partition coefficient (Wildman–Crippen LogP) is 2.68. The minimum absolute atomic E-state index is 0.00560. The minimum Gasteiger partial charge on any atom is -0.384 e. The van der Waals surface area contributed by atoms with E-state index in [2.05, 4.69) is 28.3 Å². The highest BCUT2D eigenvalue weighted by molar-refractivity contribution is 5.97. The zero-order chi connectivity index (χ0) is 15.5. The Bertz CT molecular complexity index is 690. The molecule has 0 spiro atoms. The Morgan fingerprint density at radius 2 is 2.14 bits per heavy atom. The van der Waals surface area contributed by atoms with E-state index in [4.69, 9.17) is 5.73 Å². The van der Waals surface area contributed by atoms with Gasteiger partial charge in [-0.25, -0.2) is 4.98 Å². The molecule has 0 aliphatic carbocycles. The predicted molar refractivity (Wildman–Crippen MR) is 87.7 cm³/mol. The number of aromatic nitrogens is 2. The van der Waals surface area contributed by atoms with Crippen LogP contribution in [-0.4, -0.2) is 22.4 Å². The maximum absolute atomic E-state index is 11.9. The molecule has 22 heavy (non-hydrogen) atoms. The van der Waals surface area contributed by atoms with E-state index in [0.717, 1.165) is 47.5 Å². The SMILES string of the molecule is CCCCCc1cc(-c2cc3c([nH]2)CCNC3=O)cc(N)n1. The Hall–Kier alpha value is -2.30. The summed E-state index contributed by atoms with van der Waals surface area (Å²) >= 11 is 0. The van der Waals surface area contributed by atoms with Gasteiger partial charge in [0.2, 0.25) is 0 Å². The summed E-state index contributed by atoms with van der Waals surface area (Å²) in [5.74, 6) is 0.523. The third kappa shape index (κ3) is 2.98. The number of carbonyl (C=O) groups is 1. The number of anilines is 1. The van der Waals surface area contributed by atoms with E-state index in [9.17, 15) is 4.79 Å². The Balaban J connectivity index is 1.89. The lowest BCUT2D eigenvalue weighted by Gasteiger charge is -2.11. The Morgan fingerprint density at radius 1 is 1.27 bits per heavy atom. The molecule has 1 aliphatic heterocycles. The van der Waals surface area contributed by atoms with Gasteiger partial charge in [0.1, 0.15) is 5.82 Å². The summed E-state index contributed by atoms with van der Waals surface area (Å²) in [4.78, 5) is 19.6. The van der Waals surface area contributed by atoms with Gasteiger partial charge in [-0.05, 0) is 31.0 Å². The van der Waals surface area contributed by atoms with Crippen LogP contribution in [0.2, 0.25) is 0 Å². The quantitative estimate of drug-likeness (QED) is 0.742. The molecule has 0 fully saturated rings. The normalized spacial score (nSPS) is 13.8. The third-order valence-electron chi connectivity index (χ3n) is 4.05. The van der Waals surface area contributed by atoms with Gasteiger partial charge in [0, 0.05) is 35.6 Å². The summed E-state index contributed by atoms with van der Waals surface area (Å²) < 4.78 is 0. The minimum atomic E-state index is -0.00560. The van der Waals surface area contributed by atoms with Crippen LogP contribution in [0.5, 0.6) is 0 Å². The average molecular weight is 298 g/mol. The fourth-order valence-electron chi connectivity index (χ4n) is 2.90. The van der Waals surface area contributed by atoms with Crippen molar-refractivity contribution in [2.45, 2.75) is 39.0 Å². The van der Waals surface area contributed by atoms with Gasteiger partial charge in [-0.3, -0.25) is 4.79 Å². The van der Waals surface area contributed by atoms with E-state index >= 15 is 0 Å². The van der Waals surface area contributed by atoms with E-state index in [1.807, 2.05) is 12.1 Å². The molecule has 0 atom stereocenters. The smallest absolute Gasteiger partial charge is 0.253 e. The van der Waals surface area contributed by atoms with Crippen molar-refractivity contribution in [3.63, 3.8) is 0 Å². The molecule has 0 saturated heterocycles. The standard InChI is InChI=1S/C17H22N4O/c1-2-3-4-5-12-8-11(9-16(18)20-12)15-10-13-14(21-15)6-7-19-17(13)22/h8-10,21H,2-7H2,1H3,(H2,18,20)(H,19,22). The van der Waals surface area contributed by atoms with Crippen molar-refractivity contribution in [3.05, 3.63) is 35.2 Å². The first-order valence-electron chi connectivity index (χ1n) is 7.94. The van der Waals surface area contributed by atoms with Crippen LogP contribution in [0.15, 0.2) is 18.2 Å². The molecule has 5 heteroatoms. The molecule has 0 bridgehead atoms. The molecule has 1 amide bonds. The summed E-state index contributed by atoms with van der Waals surface area (Å²) in [7, 11) is 0. The third-order valence-corrected chi connectivity index (χ3v) is 4.05. The second-order valence-electron chi connectivity index (χ2n) is 5.81. The Kier molecular flexibility index (Phi) is 4.13. The molecule has 0 aromatic carbocycles. The summed E-state index contributed by atoms with van der Waals surface area (Å²) in [5.41, 5.74) is 10.6. The van der Waals surface area contributed by atoms with Crippen LogP contribution in [0.1, 0.15) is 47.9 Å². The highest BCUT2D eigenvalue weighted by atomic mass is 16.1. The van der Waals surface area contributed by atoms with Crippen LogP contribution in [0.25, 0.3) is 11.3 Å². The van der Waals surface area contributed by atoms with Crippen LogP contribution in [0.3, 0.4) is 0 Å². The first-order chi connectivity index (χ1) is 10.7. The topological polar surface area (TPSA) is 83.8 Å². The molecule has 116 valence electrons. The molecule has 0 saturated carbocycles. The number of nitrogen functional groups attached to an aromatic ring is 1. The summed E-state index contributed by atoms with van der Waals surface area (Å²) in [6.07, 6.45) is 5.28. The zero-order valence-electron chi connectivity index (χ0n) is 12.9. The lowest BCUT2D eigenvalue weighted by molar-refractivity contribution is 0.0946. The maximum atomic E-state index is 11.9. The van der Waals surface area contributed by atoms with Gasteiger partial charge in [0.15, 0.2) is 0 Å². The average Bonchev–Trinajstić information content (AvgIpc) is 2.93. The number of hydrogen-bond donors (Lipinski definition) is 3. The van der Waals surface area contributed by atoms with Crippen molar-refractivity contribution in [3.8, 4) is 11.3 Å². The number of nitrogens with zero attached hydrogens (tertiary/aromatic N) is 1. The molecule has 0 unspecified atom stereocenters. The summed E-state index contributed by atoms with van der Waals surface area (Å²) in [6.45, 7) is 2.87. The van der Waals surface area contributed by atoms with Gasteiger partial charge in [-0.1, -0.05) is 19.8 Å². The molecule has 3 rings (SSSR count). The molecule has 3 heterocycles. The van der Waals surface area contributed by atoms with Gasteiger partial charge < -0.3 is 16.0 Å². The number of nitrogens with two attached hydrogens (primary N) is 1. The molecular weight excluding hydrogens is 276 g/mol. The molecule has 4 N–H and O–H groups in total. The first-order valence-corrected chi connectivity index (χ1v) is 7.94. The first kappa shape index (κ1) is 14.6. The van der Waals surface area contributed by atoms with Gasteiger partial charge in [0.05, 0.1) is 5.56 Å². The van der Waals surface area contributed by atoms with Gasteiger partial charge in [-0.2, -0.15) is 0 Å². The number of carbonyl (C=O) groups excluding carboxylic acids is 1. The molecular formula is C17H22N4O. The number of H-pyrrole nitrogens is 1. The lowest BCUT2D eigenvalue weighted by atomic mass is 10.1. The van der Waals surface area contributed by atoms with Crippen molar-refractivity contribution in [1.82, 2.24) is 15.3 Å². The summed E-state index contributed by atoms with van der Waals surface area (Å²) in [5, 5.41) is 2.86. The van der Waals surface area contributed by atoms with Crippen LogP contribution in [0, 0.1) is 0 Å². The van der Waals surface area contributed by atoms with Crippen molar-refractivity contribution in [1.29, 1.82) is 0 Å². The van der Waals surface area contributed by atoms with E-state index in [1.165, 1.54) is 12.8 Å². The number of rotatable bonds is 5. The molecule has 5 nitrogen and oxygen atoms in total. The number of aromatic amines is 1. The fraction of sp³-hybridized carbons (Fsp3) is 0.412. The number of pyridine rings is 1. The van der Waals surface area contributed by atoms with E-state index < -0.39 is 0 Å². The second-order valence-corrected chi connectivity index (χ2v) is 5.81. The molecule has 2 aromatic rings. The monoisotopic (exact) mass is 298 g/mol. The van der Waals surface area contributed by atoms with Crippen LogP contribution in [-0.2, 0) is 12.8 Å². The van der Waals surface area contributed by atoms with Crippen LogP contribution >= 0.6 is 0 Å². The molecule has 2 aromatic heterocycles. The van der Waals surface area contributed by atoms with Crippen LogP contribution in [0.4, 0.5) is 5.82 Å². The second kappa shape index (κ2) is 6.22. The van der Waals surface area contributed by atoms with Crippen molar-refractivity contribution < 1.29 is 4.79 Å². The number of amides is 1. The molecule has 1 aliphatic rings. The van der Waals surface area contributed by atoms with Crippen molar-refractivity contribution in [2.24, 2.45) is 0 Å². The highest BCUT2D eigenvalue weighted by Gasteiger charge is 2.20. The Morgan fingerprint density at radius 3 is 2.91 bits per heavy atom. The largest absolute Gasteiger partial charge is 0.384 e. The number of hydrogen-bond acceptors (Lipinski definition) is 3.